The van der Waals surface area contributed by atoms with Crippen molar-refractivity contribution in [2.24, 2.45) is 0 Å². The van der Waals surface area contributed by atoms with Gasteiger partial charge in [-0.2, -0.15) is 0 Å². The van der Waals surface area contributed by atoms with Crippen molar-refractivity contribution in [2.75, 3.05) is 0 Å². The standard InChI is InChI=1S/C14H7ClN2O/c15-8-1-2-11-10(7-8)9-3-5-16-13-12(18)4-6-17(11)14(9)13/h1-7H. The Morgan fingerprint density at radius 2 is 2.00 bits per heavy atom. The summed E-state index contributed by atoms with van der Waals surface area (Å²) in [5.41, 5.74) is 2.35. The number of hydrogen-bond acceptors (Lipinski definition) is 2. The van der Waals surface area contributed by atoms with Crippen LogP contribution in [0, 0.1) is 0 Å². The third kappa shape index (κ3) is 1.09. The van der Waals surface area contributed by atoms with Crippen LogP contribution >= 0.6 is 11.6 Å². The first-order valence-corrected chi connectivity index (χ1v) is 5.94. The fourth-order valence-corrected chi connectivity index (χ4v) is 2.70. The van der Waals surface area contributed by atoms with E-state index in [1.54, 1.807) is 18.5 Å². The van der Waals surface area contributed by atoms with Crippen molar-refractivity contribution in [3.05, 3.63) is 58.0 Å². The van der Waals surface area contributed by atoms with E-state index in [9.17, 15) is 4.79 Å². The molecule has 0 spiro atoms. The molecule has 0 atom stereocenters. The van der Waals surface area contributed by atoms with Gasteiger partial charge in [0.15, 0.2) is 0 Å². The van der Waals surface area contributed by atoms with E-state index in [2.05, 4.69) is 4.98 Å². The van der Waals surface area contributed by atoms with Crippen LogP contribution in [0.2, 0.25) is 5.02 Å². The Kier molecular flexibility index (Phi) is 1.76. The SMILES string of the molecule is O=c1ccn2c3ccc(Cl)cc3c3ccnc1c32. The molecular formula is C14H7ClN2O. The second kappa shape index (κ2) is 3.21. The van der Waals surface area contributed by atoms with Crippen molar-refractivity contribution in [1.29, 1.82) is 0 Å². The smallest absolute Gasteiger partial charge is 0.207 e. The minimum atomic E-state index is -0.0537. The molecule has 4 aromatic rings. The maximum absolute atomic E-state index is 11.8. The third-order valence-electron chi connectivity index (χ3n) is 3.28. The van der Waals surface area contributed by atoms with Gasteiger partial charge in [0.25, 0.3) is 0 Å². The van der Waals surface area contributed by atoms with E-state index in [1.807, 2.05) is 28.7 Å². The molecule has 0 fully saturated rings. The van der Waals surface area contributed by atoms with Crippen molar-refractivity contribution >= 4 is 38.9 Å². The number of pyridine rings is 2. The lowest BCUT2D eigenvalue weighted by Crippen LogP contribution is -2.03. The normalized spacial score (nSPS) is 11.8. The van der Waals surface area contributed by atoms with Gasteiger partial charge in [-0.15, -0.1) is 0 Å². The Morgan fingerprint density at radius 3 is 2.89 bits per heavy atom. The summed E-state index contributed by atoms with van der Waals surface area (Å²) in [5.74, 6) is 0. The van der Waals surface area contributed by atoms with E-state index in [1.165, 1.54) is 0 Å². The molecule has 0 N–H and O–H groups in total. The second-order valence-electron chi connectivity index (χ2n) is 4.27. The number of rotatable bonds is 0. The van der Waals surface area contributed by atoms with Crippen LogP contribution in [0.15, 0.2) is 47.5 Å². The maximum atomic E-state index is 11.8. The average Bonchev–Trinajstić information content (AvgIpc) is 2.69. The Balaban J connectivity index is 2.48. The second-order valence-corrected chi connectivity index (χ2v) is 4.70. The molecule has 18 heavy (non-hydrogen) atoms. The maximum Gasteiger partial charge on any atom is 0.207 e. The van der Waals surface area contributed by atoms with E-state index < -0.39 is 0 Å². The van der Waals surface area contributed by atoms with Crippen molar-refractivity contribution < 1.29 is 0 Å². The molecule has 0 aliphatic rings. The first-order valence-electron chi connectivity index (χ1n) is 5.56. The summed E-state index contributed by atoms with van der Waals surface area (Å²) in [6.45, 7) is 0. The number of aromatic nitrogens is 2. The molecule has 86 valence electrons. The van der Waals surface area contributed by atoms with Crippen LogP contribution in [0.25, 0.3) is 27.3 Å². The highest BCUT2D eigenvalue weighted by molar-refractivity contribution is 6.32. The van der Waals surface area contributed by atoms with Crippen molar-refractivity contribution in [1.82, 2.24) is 9.38 Å². The highest BCUT2D eigenvalue weighted by atomic mass is 35.5. The molecule has 4 rings (SSSR count). The van der Waals surface area contributed by atoms with Gasteiger partial charge in [0, 0.05) is 34.3 Å². The van der Waals surface area contributed by atoms with Gasteiger partial charge in [-0.05, 0) is 24.3 Å². The molecule has 0 aliphatic carbocycles. The predicted octanol–water partition coefficient (Wildman–Crippen LogP) is 3.09. The summed E-state index contributed by atoms with van der Waals surface area (Å²) in [6.07, 6.45) is 3.45. The minimum Gasteiger partial charge on any atom is -0.314 e. The van der Waals surface area contributed by atoms with Gasteiger partial charge >= 0.3 is 0 Å². The molecule has 4 heteroatoms. The van der Waals surface area contributed by atoms with Gasteiger partial charge in [0.2, 0.25) is 5.43 Å². The third-order valence-corrected chi connectivity index (χ3v) is 3.52. The lowest BCUT2D eigenvalue weighted by atomic mass is 10.2. The molecule has 0 bridgehead atoms. The number of fused-ring (bicyclic) bond motifs is 3. The van der Waals surface area contributed by atoms with E-state index in [0.717, 1.165) is 21.8 Å². The molecule has 0 amide bonds. The first-order chi connectivity index (χ1) is 8.75. The van der Waals surface area contributed by atoms with Gasteiger partial charge in [0.1, 0.15) is 5.52 Å². The van der Waals surface area contributed by atoms with E-state index in [0.29, 0.717) is 10.5 Å². The Morgan fingerprint density at radius 1 is 1.11 bits per heavy atom. The zero-order valence-electron chi connectivity index (χ0n) is 9.22. The van der Waals surface area contributed by atoms with Gasteiger partial charge < -0.3 is 4.40 Å². The van der Waals surface area contributed by atoms with Crippen LogP contribution in [0.3, 0.4) is 0 Å². The molecule has 0 aliphatic heterocycles. The molecular weight excluding hydrogens is 248 g/mol. The Labute approximate surface area is 107 Å². The zero-order valence-corrected chi connectivity index (χ0v) is 9.98. The van der Waals surface area contributed by atoms with Crippen molar-refractivity contribution in [3.63, 3.8) is 0 Å². The summed E-state index contributed by atoms with van der Waals surface area (Å²) in [4.78, 5) is 16.0. The van der Waals surface area contributed by atoms with Crippen LogP contribution in [0.4, 0.5) is 0 Å². The van der Waals surface area contributed by atoms with Crippen molar-refractivity contribution in [2.45, 2.75) is 0 Å². The monoisotopic (exact) mass is 254 g/mol. The van der Waals surface area contributed by atoms with Crippen LogP contribution in [-0.4, -0.2) is 9.38 Å². The van der Waals surface area contributed by atoms with Crippen LogP contribution in [-0.2, 0) is 0 Å². The highest BCUT2D eigenvalue weighted by Crippen LogP contribution is 2.31. The minimum absolute atomic E-state index is 0.0537. The number of nitrogens with zero attached hydrogens (tertiary/aromatic N) is 2. The number of benzene rings is 1. The van der Waals surface area contributed by atoms with E-state index >= 15 is 0 Å². The predicted molar refractivity (Wildman–Crippen MR) is 72.7 cm³/mol. The lowest BCUT2D eigenvalue weighted by Gasteiger charge is -1.98. The first kappa shape index (κ1) is 9.85. The zero-order chi connectivity index (χ0) is 12.3. The van der Waals surface area contributed by atoms with Crippen LogP contribution in [0.5, 0.6) is 0 Å². The summed E-state index contributed by atoms with van der Waals surface area (Å²) in [6, 6.07) is 9.19. The summed E-state index contributed by atoms with van der Waals surface area (Å²) in [5, 5.41) is 2.74. The summed E-state index contributed by atoms with van der Waals surface area (Å²) in [7, 11) is 0. The topological polar surface area (TPSA) is 34.4 Å². The molecule has 0 saturated heterocycles. The Bertz CT molecular complexity index is 958. The van der Waals surface area contributed by atoms with Gasteiger partial charge in [-0.25, -0.2) is 0 Å². The molecule has 1 aromatic carbocycles. The van der Waals surface area contributed by atoms with Crippen LogP contribution in [0.1, 0.15) is 0 Å². The van der Waals surface area contributed by atoms with E-state index in [4.69, 9.17) is 11.6 Å². The number of halogens is 1. The van der Waals surface area contributed by atoms with Crippen molar-refractivity contribution in [3.8, 4) is 0 Å². The molecule has 3 aromatic heterocycles. The average molecular weight is 255 g/mol. The highest BCUT2D eigenvalue weighted by Gasteiger charge is 2.12. The van der Waals surface area contributed by atoms with E-state index in [-0.39, 0.29) is 5.43 Å². The lowest BCUT2D eigenvalue weighted by molar-refractivity contribution is 1.23. The molecule has 3 nitrogen and oxygen atoms in total. The number of hydrogen-bond donors (Lipinski definition) is 0. The molecule has 0 unspecified atom stereocenters. The van der Waals surface area contributed by atoms with Crippen LogP contribution < -0.4 is 5.43 Å². The molecule has 0 radical (unpaired) electrons. The fourth-order valence-electron chi connectivity index (χ4n) is 2.53. The quantitative estimate of drug-likeness (QED) is 0.483. The van der Waals surface area contributed by atoms with Gasteiger partial charge in [-0.1, -0.05) is 11.6 Å². The largest absolute Gasteiger partial charge is 0.314 e. The van der Waals surface area contributed by atoms with Gasteiger partial charge in [-0.3, -0.25) is 9.78 Å². The summed E-state index contributed by atoms with van der Waals surface area (Å²) < 4.78 is 1.99. The Hall–Kier alpha value is -2.13. The fraction of sp³-hybridized carbons (Fsp3) is 0. The van der Waals surface area contributed by atoms with Gasteiger partial charge in [0.05, 0.1) is 11.0 Å². The molecule has 0 saturated carbocycles. The summed E-state index contributed by atoms with van der Waals surface area (Å²) >= 11 is 6.05. The molecule has 3 heterocycles.